The summed E-state index contributed by atoms with van der Waals surface area (Å²) in [4.78, 5) is 8.63. The van der Waals surface area contributed by atoms with Crippen molar-refractivity contribution in [1.29, 1.82) is 0 Å². The maximum Gasteiger partial charge on any atom is 0.472 e. The first-order valence-corrected chi connectivity index (χ1v) is 10.1. The molecule has 0 rings (SSSR count). The summed E-state index contributed by atoms with van der Waals surface area (Å²) in [5, 5.41) is 0. The summed E-state index contributed by atoms with van der Waals surface area (Å²) in [6.07, 6.45) is 1.18. The van der Waals surface area contributed by atoms with Gasteiger partial charge in [0.05, 0.1) is 13.2 Å². The van der Waals surface area contributed by atoms with Crippen molar-refractivity contribution in [3.8, 4) is 0 Å². The lowest BCUT2D eigenvalue weighted by atomic mass is 10.6. The highest BCUT2D eigenvalue weighted by Gasteiger charge is 2.17. The summed E-state index contributed by atoms with van der Waals surface area (Å²) in [6.45, 7) is 11.4. The highest BCUT2D eigenvalue weighted by Crippen LogP contribution is 2.42. The first-order valence-electron chi connectivity index (χ1n) is 6.82. The molecule has 118 valence electrons. The van der Waals surface area contributed by atoms with Crippen molar-refractivity contribution in [3.05, 3.63) is 0 Å². The summed E-state index contributed by atoms with van der Waals surface area (Å²) in [7, 11) is -4.93. The van der Waals surface area contributed by atoms with Crippen molar-refractivity contribution >= 4 is 17.1 Å². The molecule has 0 aliphatic carbocycles. The van der Waals surface area contributed by atoms with E-state index in [4.69, 9.17) is 13.7 Å². The van der Waals surface area contributed by atoms with Crippen molar-refractivity contribution in [3.63, 3.8) is 0 Å². The van der Waals surface area contributed by atoms with E-state index in [-0.39, 0.29) is 13.2 Å². The molecule has 6 nitrogen and oxygen atoms in total. The topological polar surface area (TPSA) is 74.2 Å². The summed E-state index contributed by atoms with van der Waals surface area (Å²) >= 11 is 0. The Hall–Kier alpha value is 0.247. The molecular weight excluding hydrogens is 287 g/mol. The molecule has 19 heavy (non-hydrogen) atoms. The predicted octanol–water partition coefficient (Wildman–Crippen LogP) is 2.85. The van der Waals surface area contributed by atoms with Gasteiger partial charge in [-0.25, -0.2) is 4.57 Å². The molecule has 0 saturated carbocycles. The normalized spacial score (nSPS) is 11.3. The lowest BCUT2D eigenvalue weighted by Crippen LogP contribution is -2.22. The molecule has 0 amide bonds. The Morgan fingerprint density at radius 1 is 0.895 bits per heavy atom. The van der Waals surface area contributed by atoms with Crippen LogP contribution in [0.1, 0.15) is 41.0 Å². The third-order valence-electron chi connectivity index (χ3n) is 1.81. The second-order valence-electron chi connectivity index (χ2n) is 3.43. The second kappa shape index (κ2) is 14.7. The van der Waals surface area contributed by atoms with E-state index >= 15 is 0 Å². The van der Waals surface area contributed by atoms with Crippen LogP contribution in [0.15, 0.2) is 0 Å². The molecule has 0 aromatic rings. The van der Waals surface area contributed by atoms with Gasteiger partial charge in [0.25, 0.3) is 0 Å². The molecule has 0 atom stereocenters. The van der Waals surface area contributed by atoms with Gasteiger partial charge in [-0.2, -0.15) is 0 Å². The van der Waals surface area contributed by atoms with Crippen LogP contribution in [0.25, 0.3) is 0 Å². The Kier molecular flexibility index (Phi) is 16.6. The van der Waals surface area contributed by atoms with Crippen molar-refractivity contribution in [2.24, 2.45) is 0 Å². The van der Waals surface area contributed by atoms with E-state index in [1.54, 1.807) is 13.8 Å². The fourth-order valence-electron chi connectivity index (χ4n) is 1.19. The fourth-order valence-corrected chi connectivity index (χ4v) is 3.56. The van der Waals surface area contributed by atoms with Crippen LogP contribution < -0.4 is 0 Å². The molecular formula is C11H29O6PSi. The third kappa shape index (κ3) is 16.2. The van der Waals surface area contributed by atoms with Crippen molar-refractivity contribution in [1.82, 2.24) is 0 Å². The molecule has 0 aliphatic rings. The van der Waals surface area contributed by atoms with Crippen LogP contribution in [-0.2, 0) is 22.5 Å². The summed E-state index contributed by atoms with van der Waals surface area (Å²) in [6, 6.07) is 1.14. The molecule has 0 radical (unpaired) electrons. The Morgan fingerprint density at radius 3 is 1.58 bits per heavy atom. The van der Waals surface area contributed by atoms with Gasteiger partial charge < -0.3 is 13.7 Å². The molecule has 8 heteroatoms. The van der Waals surface area contributed by atoms with Crippen LogP contribution in [-0.4, -0.2) is 40.6 Å². The molecule has 0 unspecified atom stereocenters. The van der Waals surface area contributed by atoms with Crippen molar-refractivity contribution in [2.45, 2.75) is 47.1 Å². The summed E-state index contributed by atoms with van der Waals surface area (Å²) in [5.41, 5.74) is 0. The van der Waals surface area contributed by atoms with Gasteiger partial charge in [-0.1, -0.05) is 13.3 Å². The summed E-state index contributed by atoms with van der Waals surface area (Å²) in [5.74, 6) is 0. The van der Waals surface area contributed by atoms with E-state index < -0.39 is 17.1 Å². The Balaban J connectivity index is 0. The second-order valence-corrected chi connectivity index (χ2v) is 6.99. The van der Waals surface area contributed by atoms with Crippen LogP contribution in [0.5, 0.6) is 0 Å². The number of phosphoric ester groups is 1. The number of rotatable bonds is 10. The Labute approximate surface area is 118 Å². The van der Waals surface area contributed by atoms with Crippen LogP contribution in [0, 0.1) is 0 Å². The molecule has 0 aromatic heterocycles. The van der Waals surface area contributed by atoms with E-state index in [1.165, 1.54) is 6.42 Å². The van der Waals surface area contributed by atoms with E-state index in [1.807, 2.05) is 13.8 Å². The first-order chi connectivity index (χ1) is 8.97. The standard InChI is InChI=1S/C7H18O2Si.C4H11O4P/c1-4-7-10(8-5-2)9-6-3;1-3-7-9(5,6)8-4-2/h10H,4-7H2,1-3H3;3-4H2,1-2H3,(H,5,6). The van der Waals surface area contributed by atoms with Gasteiger partial charge >= 0.3 is 17.1 Å². The number of hydrogen-bond acceptors (Lipinski definition) is 5. The SMILES string of the molecule is CCC[SiH](OCC)OCC.CCOP(=O)(O)OCC. The fraction of sp³-hybridized carbons (Fsp3) is 1.00. The minimum atomic E-state index is -3.69. The molecule has 0 bridgehead atoms. The van der Waals surface area contributed by atoms with Crippen LogP contribution in [0.3, 0.4) is 0 Å². The molecule has 1 N–H and O–H groups in total. The van der Waals surface area contributed by atoms with Crippen molar-refractivity contribution in [2.75, 3.05) is 26.4 Å². The van der Waals surface area contributed by atoms with E-state index in [0.29, 0.717) is 0 Å². The van der Waals surface area contributed by atoms with Crippen LogP contribution in [0.4, 0.5) is 0 Å². The molecule has 0 aromatic carbocycles. The smallest absolute Gasteiger partial charge is 0.397 e. The van der Waals surface area contributed by atoms with E-state index in [9.17, 15) is 4.57 Å². The zero-order valence-corrected chi connectivity index (χ0v) is 14.8. The Bertz CT molecular complexity index is 205. The van der Waals surface area contributed by atoms with Gasteiger partial charge in [-0.3, -0.25) is 9.05 Å². The van der Waals surface area contributed by atoms with Gasteiger partial charge in [0.15, 0.2) is 0 Å². The van der Waals surface area contributed by atoms with Gasteiger partial charge in [0.2, 0.25) is 0 Å². The molecule has 0 heterocycles. The quantitative estimate of drug-likeness (QED) is 0.493. The summed E-state index contributed by atoms with van der Waals surface area (Å²) < 4.78 is 30.1. The van der Waals surface area contributed by atoms with E-state index in [2.05, 4.69) is 16.0 Å². The van der Waals surface area contributed by atoms with Gasteiger partial charge in [0, 0.05) is 13.2 Å². The lowest BCUT2D eigenvalue weighted by molar-refractivity contribution is 0.161. The molecule has 0 saturated heterocycles. The lowest BCUT2D eigenvalue weighted by Gasteiger charge is -2.12. The Morgan fingerprint density at radius 2 is 1.32 bits per heavy atom. The maximum atomic E-state index is 10.5. The average molecular weight is 316 g/mol. The minimum absolute atomic E-state index is 0.188. The number of phosphoric acid groups is 1. The molecule has 0 aliphatic heterocycles. The zero-order chi connectivity index (χ0) is 15.1. The monoisotopic (exact) mass is 316 g/mol. The highest BCUT2D eigenvalue weighted by atomic mass is 31.2. The van der Waals surface area contributed by atoms with E-state index in [0.717, 1.165) is 19.3 Å². The maximum absolute atomic E-state index is 10.5. The molecule has 0 fully saturated rings. The van der Waals surface area contributed by atoms with Crippen molar-refractivity contribution < 1.29 is 27.4 Å². The molecule has 0 spiro atoms. The van der Waals surface area contributed by atoms with Gasteiger partial charge in [0.1, 0.15) is 0 Å². The highest BCUT2D eigenvalue weighted by molar-refractivity contribution is 7.47. The number of hydrogen-bond donors (Lipinski definition) is 1. The first kappa shape index (κ1) is 21.5. The van der Waals surface area contributed by atoms with Gasteiger partial charge in [-0.15, -0.1) is 0 Å². The zero-order valence-electron chi connectivity index (χ0n) is 12.8. The van der Waals surface area contributed by atoms with Gasteiger partial charge in [-0.05, 0) is 33.7 Å². The minimum Gasteiger partial charge on any atom is -0.397 e. The predicted molar refractivity (Wildman–Crippen MR) is 78.6 cm³/mol. The van der Waals surface area contributed by atoms with Crippen LogP contribution in [0.2, 0.25) is 6.04 Å². The van der Waals surface area contributed by atoms with Crippen LogP contribution >= 0.6 is 7.82 Å². The third-order valence-corrected chi connectivity index (χ3v) is 5.44. The largest absolute Gasteiger partial charge is 0.472 e. The average Bonchev–Trinajstić information content (AvgIpc) is 2.30.